The van der Waals surface area contributed by atoms with Crippen molar-refractivity contribution in [3.8, 4) is 0 Å². The van der Waals surface area contributed by atoms with Gasteiger partial charge in [-0.3, -0.25) is 14.7 Å². The fraction of sp³-hybridized carbons (Fsp3) is 0.400. The van der Waals surface area contributed by atoms with Crippen molar-refractivity contribution in [2.75, 3.05) is 26.2 Å². The molecule has 1 amide bonds. The Morgan fingerprint density at radius 2 is 2.12 bits per heavy atom. The Morgan fingerprint density at radius 3 is 2.92 bits per heavy atom. The number of carbonyl (C=O) groups excluding carboxylic acids is 1. The van der Waals surface area contributed by atoms with Crippen molar-refractivity contribution >= 4 is 5.91 Å². The number of carbonyl (C=O) groups is 1. The van der Waals surface area contributed by atoms with E-state index in [-0.39, 0.29) is 23.9 Å². The Bertz CT molecular complexity index is 771. The summed E-state index contributed by atoms with van der Waals surface area (Å²) in [6, 6.07) is 10.4. The first-order valence-electron chi connectivity index (χ1n) is 9.01. The smallest absolute Gasteiger partial charge is 0.255 e. The van der Waals surface area contributed by atoms with Crippen LogP contribution in [0.2, 0.25) is 0 Å². The number of fused-ring (bicyclic) bond motifs is 1. The third-order valence-electron chi connectivity index (χ3n) is 5.19. The molecule has 2 saturated heterocycles. The van der Waals surface area contributed by atoms with Gasteiger partial charge in [-0.05, 0) is 24.6 Å². The molecular formula is C20H22FN3O2. The van der Waals surface area contributed by atoms with Gasteiger partial charge in [-0.15, -0.1) is 0 Å². The van der Waals surface area contributed by atoms with Gasteiger partial charge in [0.05, 0.1) is 24.3 Å². The minimum Gasteiger partial charge on any atom is -0.374 e. The number of amides is 1. The number of halogens is 1. The molecule has 3 heterocycles. The molecule has 1 aromatic carbocycles. The van der Waals surface area contributed by atoms with Crippen LogP contribution in [0.5, 0.6) is 0 Å². The van der Waals surface area contributed by atoms with Gasteiger partial charge in [0.2, 0.25) is 0 Å². The van der Waals surface area contributed by atoms with E-state index >= 15 is 0 Å². The van der Waals surface area contributed by atoms with Crippen LogP contribution in [0.1, 0.15) is 22.3 Å². The number of likely N-dealkylation sites (tertiary alicyclic amines) is 1. The Balaban J connectivity index is 1.50. The van der Waals surface area contributed by atoms with Crippen LogP contribution < -0.4 is 0 Å². The first kappa shape index (κ1) is 17.1. The summed E-state index contributed by atoms with van der Waals surface area (Å²) in [5.74, 6) is -0.193. The third-order valence-corrected chi connectivity index (χ3v) is 5.19. The highest BCUT2D eigenvalue weighted by atomic mass is 19.1. The molecule has 6 heteroatoms. The summed E-state index contributed by atoms with van der Waals surface area (Å²) in [6.07, 6.45) is 4.15. The molecular weight excluding hydrogens is 333 g/mol. The molecule has 4 rings (SSSR count). The number of ether oxygens (including phenoxy) is 1. The third kappa shape index (κ3) is 3.48. The lowest BCUT2D eigenvalue weighted by molar-refractivity contribution is -0.0915. The Morgan fingerprint density at radius 1 is 1.23 bits per heavy atom. The fourth-order valence-corrected chi connectivity index (χ4v) is 3.86. The molecule has 0 unspecified atom stereocenters. The summed E-state index contributed by atoms with van der Waals surface area (Å²) >= 11 is 0. The van der Waals surface area contributed by atoms with Crippen LogP contribution in [0.3, 0.4) is 0 Å². The molecule has 2 fully saturated rings. The summed E-state index contributed by atoms with van der Waals surface area (Å²) in [7, 11) is 0. The largest absolute Gasteiger partial charge is 0.374 e. The number of rotatable bonds is 3. The maximum atomic E-state index is 14.0. The summed E-state index contributed by atoms with van der Waals surface area (Å²) in [5.41, 5.74) is 1.28. The number of morpholine rings is 1. The van der Waals surface area contributed by atoms with Crippen molar-refractivity contribution in [2.45, 2.75) is 25.1 Å². The van der Waals surface area contributed by atoms with E-state index in [1.165, 1.54) is 6.07 Å². The standard InChI is InChI=1S/C20H22FN3O2/c21-17-6-2-1-4-16(17)13-23-9-7-19-18(14-23)24(10-11-26-19)20(25)15-5-3-8-22-12-15/h1-6,8,12,18-19H,7,9-11,13-14H2/t18-,19-/m0/s1. The molecule has 2 aliphatic rings. The molecule has 2 atom stereocenters. The number of piperidine rings is 1. The second kappa shape index (κ2) is 7.51. The zero-order chi connectivity index (χ0) is 17.9. The highest BCUT2D eigenvalue weighted by Crippen LogP contribution is 2.26. The molecule has 0 bridgehead atoms. The maximum Gasteiger partial charge on any atom is 0.255 e. The van der Waals surface area contributed by atoms with Gasteiger partial charge in [0.15, 0.2) is 0 Å². The summed E-state index contributed by atoms with van der Waals surface area (Å²) in [6.45, 7) is 3.20. The van der Waals surface area contributed by atoms with Gasteiger partial charge in [-0.2, -0.15) is 0 Å². The van der Waals surface area contributed by atoms with Crippen molar-refractivity contribution in [1.82, 2.24) is 14.8 Å². The second-order valence-electron chi connectivity index (χ2n) is 6.83. The average Bonchev–Trinajstić information content (AvgIpc) is 2.69. The highest BCUT2D eigenvalue weighted by molar-refractivity contribution is 5.94. The monoisotopic (exact) mass is 355 g/mol. The second-order valence-corrected chi connectivity index (χ2v) is 6.83. The highest BCUT2D eigenvalue weighted by Gasteiger charge is 2.39. The SMILES string of the molecule is O=C(c1cccnc1)N1CCO[C@H]2CCN(Cc3ccccc3F)C[C@@H]21. The van der Waals surface area contributed by atoms with Crippen molar-refractivity contribution in [3.05, 3.63) is 65.7 Å². The quantitative estimate of drug-likeness (QED) is 0.848. The molecule has 0 spiro atoms. The summed E-state index contributed by atoms with van der Waals surface area (Å²) < 4.78 is 19.9. The van der Waals surface area contributed by atoms with Crippen LogP contribution in [-0.4, -0.2) is 59.1 Å². The van der Waals surface area contributed by atoms with Crippen LogP contribution in [-0.2, 0) is 11.3 Å². The number of hydrogen-bond acceptors (Lipinski definition) is 4. The van der Waals surface area contributed by atoms with Crippen molar-refractivity contribution < 1.29 is 13.9 Å². The van der Waals surface area contributed by atoms with Crippen LogP contribution >= 0.6 is 0 Å². The zero-order valence-corrected chi connectivity index (χ0v) is 14.6. The minimum absolute atomic E-state index is 0.0101. The summed E-state index contributed by atoms with van der Waals surface area (Å²) in [5, 5.41) is 0. The number of pyridine rings is 1. The number of benzene rings is 1. The molecule has 2 aromatic rings. The average molecular weight is 355 g/mol. The predicted molar refractivity (Wildman–Crippen MR) is 95.1 cm³/mol. The first-order chi connectivity index (χ1) is 12.7. The molecule has 26 heavy (non-hydrogen) atoms. The molecule has 1 aromatic heterocycles. The van der Waals surface area contributed by atoms with E-state index in [0.29, 0.717) is 37.4 Å². The Hall–Kier alpha value is -2.31. The minimum atomic E-state index is -0.183. The van der Waals surface area contributed by atoms with Crippen LogP contribution in [0, 0.1) is 5.82 Å². The van der Waals surface area contributed by atoms with E-state index in [2.05, 4.69) is 9.88 Å². The van der Waals surface area contributed by atoms with Gasteiger partial charge in [0.25, 0.3) is 5.91 Å². The van der Waals surface area contributed by atoms with E-state index < -0.39 is 0 Å². The maximum absolute atomic E-state index is 14.0. The van der Waals surface area contributed by atoms with Gasteiger partial charge in [-0.25, -0.2) is 4.39 Å². The van der Waals surface area contributed by atoms with Crippen molar-refractivity contribution in [1.29, 1.82) is 0 Å². The van der Waals surface area contributed by atoms with Crippen LogP contribution in [0.25, 0.3) is 0 Å². The van der Waals surface area contributed by atoms with Crippen molar-refractivity contribution in [3.63, 3.8) is 0 Å². The number of aromatic nitrogens is 1. The van der Waals surface area contributed by atoms with Gasteiger partial charge < -0.3 is 9.64 Å². The van der Waals surface area contributed by atoms with Crippen LogP contribution in [0.15, 0.2) is 48.8 Å². The van der Waals surface area contributed by atoms with Crippen LogP contribution in [0.4, 0.5) is 4.39 Å². The molecule has 0 aliphatic carbocycles. The normalized spacial score (nSPS) is 23.5. The van der Waals surface area contributed by atoms with Gasteiger partial charge >= 0.3 is 0 Å². The lowest BCUT2D eigenvalue weighted by atomic mass is 9.97. The zero-order valence-electron chi connectivity index (χ0n) is 14.6. The lowest BCUT2D eigenvalue weighted by Crippen LogP contribution is -2.61. The topological polar surface area (TPSA) is 45.7 Å². The Kier molecular flexibility index (Phi) is 4.95. The van der Waals surface area contributed by atoms with E-state index in [4.69, 9.17) is 4.74 Å². The van der Waals surface area contributed by atoms with Crippen molar-refractivity contribution in [2.24, 2.45) is 0 Å². The predicted octanol–water partition coefficient (Wildman–Crippen LogP) is 2.34. The molecule has 2 aliphatic heterocycles. The van der Waals surface area contributed by atoms with E-state index in [1.54, 1.807) is 30.6 Å². The molecule has 5 nitrogen and oxygen atoms in total. The van der Waals surface area contributed by atoms with Gasteiger partial charge in [0, 0.05) is 44.1 Å². The number of hydrogen-bond donors (Lipinski definition) is 0. The molecule has 136 valence electrons. The first-order valence-corrected chi connectivity index (χ1v) is 9.01. The van der Waals surface area contributed by atoms with E-state index in [1.807, 2.05) is 17.0 Å². The Labute approximate surface area is 152 Å². The molecule has 0 N–H and O–H groups in total. The van der Waals surface area contributed by atoms with E-state index in [0.717, 1.165) is 13.0 Å². The summed E-state index contributed by atoms with van der Waals surface area (Å²) in [4.78, 5) is 21.1. The fourth-order valence-electron chi connectivity index (χ4n) is 3.86. The van der Waals surface area contributed by atoms with E-state index in [9.17, 15) is 9.18 Å². The van der Waals surface area contributed by atoms with Gasteiger partial charge in [0.1, 0.15) is 5.82 Å². The lowest BCUT2D eigenvalue weighted by Gasteiger charge is -2.47. The molecule has 0 radical (unpaired) electrons. The number of nitrogens with zero attached hydrogens (tertiary/aromatic N) is 3. The molecule has 0 saturated carbocycles. The van der Waals surface area contributed by atoms with Gasteiger partial charge in [-0.1, -0.05) is 18.2 Å².